The molecule has 1 aromatic heterocycles. The highest BCUT2D eigenvalue weighted by Gasteiger charge is 2.08. The van der Waals surface area contributed by atoms with E-state index < -0.39 is 5.97 Å². The van der Waals surface area contributed by atoms with Crippen LogP contribution in [0.4, 0.5) is 5.88 Å². The molecule has 0 amide bonds. The Balaban J connectivity index is 2.54. The van der Waals surface area contributed by atoms with Crippen molar-refractivity contribution in [2.24, 2.45) is 5.92 Å². The van der Waals surface area contributed by atoms with E-state index in [-0.39, 0.29) is 5.76 Å². The van der Waals surface area contributed by atoms with Crippen molar-refractivity contribution in [3.8, 4) is 0 Å². The minimum absolute atomic E-state index is 0.0359. The first-order valence-electron chi connectivity index (χ1n) is 4.16. The molecule has 0 saturated heterocycles. The average Bonchev–Trinajstić information content (AvgIpc) is 2.48. The van der Waals surface area contributed by atoms with Crippen LogP contribution in [0.15, 0.2) is 16.5 Å². The van der Waals surface area contributed by atoms with Gasteiger partial charge in [-0.05, 0) is 12.0 Å². The molecule has 1 heterocycles. The van der Waals surface area contributed by atoms with Crippen LogP contribution >= 0.6 is 0 Å². The fraction of sp³-hybridized carbons (Fsp3) is 0.444. The molecular formula is C9H13NO3. The van der Waals surface area contributed by atoms with Crippen LogP contribution in [0.3, 0.4) is 0 Å². The summed E-state index contributed by atoms with van der Waals surface area (Å²) >= 11 is 0. The number of rotatable bonds is 4. The van der Waals surface area contributed by atoms with Crippen LogP contribution in [0.2, 0.25) is 0 Å². The number of nitrogens with one attached hydrogen (secondary N) is 1. The molecule has 0 aliphatic carbocycles. The Morgan fingerprint density at radius 3 is 2.77 bits per heavy atom. The van der Waals surface area contributed by atoms with Gasteiger partial charge in [-0.25, -0.2) is 4.79 Å². The second-order valence-corrected chi connectivity index (χ2v) is 3.24. The molecule has 72 valence electrons. The molecule has 0 spiro atoms. The van der Waals surface area contributed by atoms with E-state index in [1.165, 1.54) is 6.07 Å². The van der Waals surface area contributed by atoms with Gasteiger partial charge in [0, 0.05) is 12.6 Å². The average molecular weight is 183 g/mol. The predicted molar refractivity (Wildman–Crippen MR) is 49.0 cm³/mol. The summed E-state index contributed by atoms with van der Waals surface area (Å²) in [6, 6.07) is 3.05. The number of carboxylic acid groups (broad SMARTS) is 1. The molecule has 0 aromatic carbocycles. The topological polar surface area (TPSA) is 62.5 Å². The standard InChI is InChI=1S/C9H13NO3/c1-6(2)5-10-8-4-3-7(13-8)9(11)12/h3-4,6,10H,5H2,1-2H3,(H,11,12). The van der Waals surface area contributed by atoms with E-state index in [9.17, 15) is 4.79 Å². The normalized spacial score (nSPS) is 10.4. The van der Waals surface area contributed by atoms with Crippen LogP contribution in [-0.4, -0.2) is 17.6 Å². The highest BCUT2D eigenvalue weighted by Crippen LogP contribution is 2.13. The molecular weight excluding hydrogens is 170 g/mol. The molecule has 0 bridgehead atoms. The SMILES string of the molecule is CC(C)CNc1ccc(C(=O)O)o1. The zero-order chi connectivity index (χ0) is 9.84. The Morgan fingerprint density at radius 1 is 1.62 bits per heavy atom. The van der Waals surface area contributed by atoms with Gasteiger partial charge in [-0.2, -0.15) is 0 Å². The highest BCUT2D eigenvalue weighted by molar-refractivity contribution is 5.84. The summed E-state index contributed by atoms with van der Waals surface area (Å²) in [6.45, 7) is 4.90. The molecule has 0 radical (unpaired) electrons. The summed E-state index contributed by atoms with van der Waals surface area (Å²) in [5, 5.41) is 11.5. The van der Waals surface area contributed by atoms with Gasteiger partial charge in [0.15, 0.2) is 5.88 Å². The van der Waals surface area contributed by atoms with Gasteiger partial charge in [-0.3, -0.25) is 0 Å². The molecule has 2 N–H and O–H groups in total. The van der Waals surface area contributed by atoms with Crippen LogP contribution in [0.25, 0.3) is 0 Å². The number of carboxylic acids is 1. The maximum atomic E-state index is 10.4. The van der Waals surface area contributed by atoms with Gasteiger partial charge in [0.1, 0.15) is 0 Å². The molecule has 13 heavy (non-hydrogen) atoms. The summed E-state index contributed by atoms with van der Waals surface area (Å²) in [6.07, 6.45) is 0. The zero-order valence-electron chi connectivity index (χ0n) is 7.70. The molecule has 1 aromatic rings. The molecule has 4 heteroatoms. The van der Waals surface area contributed by atoms with E-state index in [1.54, 1.807) is 6.07 Å². The van der Waals surface area contributed by atoms with E-state index >= 15 is 0 Å². The number of furan rings is 1. The number of aromatic carboxylic acids is 1. The summed E-state index contributed by atoms with van der Waals surface area (Å²) in [5.74, 6) is -0.0756. The summed E-state index contributed by atoms with van der Waals surface area (Å²) in [4.78, 5) is 10.4. The first-order chi connectivity index (χ1) is 6.09. The van der Waals surface area contributed by atoms with Gasteiger partial charge < -0.3 is 14.8 Å². The van der Waals surface area contributed by atoms with Crippen LogP contribution in [0.5, 0.6) is 0 Å². The van der Waals surface area contributed by atoms with Gasteiger partial charge in [0.25, 0.3) is 0 Å². The molecule has 0 unspecified atom stereocenters. The van der Waals surface area contributed by atoms with E-state index in [0.717, 1.165) is 6.54 Å². The second-order valence-electron chi connectivity index (χ2n) is 3.24. The van der Waals surface area contributed by atoms with Gasteiger partial charge >= 0.3 is 5.97 Å². The van der Waals surface area contributed by atoms with Crippen molar-refractivity contribution in [3.63, 3.8) is 0 Å². The van der Waals surface area contributed by atoms with Gasteiger partial charge in [-0.1, -0.05) is 13.8 Å². The predicted octanol–water partition coefficient (Wildman–Crippen LogP) is 2.05. The van der Waals surface area contributed by atoms with Crippen molar-refractivity contribution in [1.29, 1.82) is 0 Å². The van der Waals surface area contributed by atoms with E-state index in [4.69, 9.17) is 9.52 Å². The van der Waals surface area contributed by atoms with Crippen molar-refractivity contribution in [2.75, 3.05) is 11.9 Å². The minimum Gasteiger partial charge on any atom is -0.475 e. The number of carbonyl (C=O) groups is 1. The molecule has 0 fully saturated rings. The summed E-state index contributed by atoms with van der Waals surface area (Å²) in [5.41, 5.74) is 0. The lowest BCUT2D eigenvalue weighted by molar-refractivity contribution is 0.0663. The fourth-order valence-electron chi connectivity index (χ4n) is 0.853. The van der Waals surface area contributed by atoms with Crippen molar-refractivity contribution in [3.05, 3.63) is 17.9 Å². The number of anilines is 1. The minimum atomic E-state index is -1.04. The largest absolute Gasteiger partial charge is 0.475 e. The Morgan fingerprint density at radius 2 is 2.31 bits per heavy atom. The number of hydrogen-bond donors (Lipinski definition) is 2. The van der Waals surface area contributed by atoms with E-state index in [1.807, 2.05) is 0 Å². The third kappa shape index (κ3) is 2.82. The van der Waals surface area contributed by atoms with Gasteiger partial charge in [-0.15, -0.1) is 0 Å². The maximum absolute atomic E-state index is 10.4. The molecule has 4 nitrogen and oxygen atoms in total. The first kappa shape index (κ1) is 9.64. The van der Waals surface area contributed by atoms with Crippen molar-refractivity contribution in [2.45, 2.75) is 13.8 Å². The number of hydrogen-bond acceptors (Lipinski definition) is 3. The third-order valence-electron chi connectivity index (χ3n) is 1.50. The van der Waals surface area contributed by atoms with Crippen molar-refractivity contribution < 1.29 is 14.3 Å². The Kier molecular flexibility index (Phi) is 2.95. The van der Waals surface area contributed by atoms with Gasteiger partial charge in [0.05, 0.1) is 0 Å². The fourth-order valence-corrected chi connectivity index (χ4v) is 0.853. The summed E-state index contributed by atoms with van der Waals surface area (Å²) < 4.78 is 4.98. The zero-order valence-corrected chi connectivity index (χ0v) is 7.70. The van der Waals surface area contributed by atoms with Crippen molar-refractivity contribution in [1.82, 2.24) is 0 Å². The second kappa shape index (κ2) is 3.98. The van der Waals surface area contributed by atoms with Crippen LogP contribution in [-0.2, 0) is 0 Å². The molecule has 1 rings (SSSR count). The smallest absolute Gasteiger partial charge is 0.371 e. The van der Waals surface area contributed by atoms with E-state index in [0.29, 0.717) is 11.8 Å². The Labute approximate surface area is 76.6 Å². The Hall–Kier alpha value is -1.45. The van der Waals surface area contributed by atoms with Crippen LogP contribution in [0, 0.1) is 5.92 Å². The van der Waals surface area contributed by atoms with E-state index in [2.05, 4.69) is 19.2 Å². The monoisotopic (exact) mass is 183 g/mol. The van der Waals surface area contributed by atoms with Gasteiger partial charge in [0.2, 0.25) is 5.76 Å². The molecule has 0 aliphatic heterocycles. The lowest BCUT2D eigenvalue weighted by Gasteiger charge is -2.04. The maximum Gasteiger partial charge on any atom is 0.371 e. The molecule has 0 atom stereocenters. The Bertz CT molecular complexity index is 291. The van der Waals surface area contributed by atoms with Crippen LogP contribution in [0.1, 0.15) is 24.4 Å². The van der Waals surface area contributed by atoms with Crippen LogP contribution < -0.4 is 5.32 Å². The highest BCUT2D eigenvalue weighted by atomic mass is 16.4. The lowest BCUT2D eigenvalue weighted by Crippen LogP contribution is -2.06. The quantitative estimate of drug-likeness (QED) is 0.749. The molecule has 0 aliphatic rings. The first-order valence-corrected chi connectivity index (χ1v) is 4.16. The summed E-state index contributed by atoms with van der Waals surface area (Å²) in [7, 11) is 0. The molecule has 0 saturated carbocycles. The lowest BCUT2D eigenvalue weighted by atomic mass is 10.2. The van der Waals surface area contributed by atoms with Crippen molar-refractivity contribution >= 4 is 11.9 Å². The third-order valence-corrected chi connectivity index (χ3v) is 1.50.